The molecule has 156 valence electrons. The second kappa shape index (κ2) is 8.98. The van der Waals surface area contributed by atoms with E-state index in [-0.39, 0.29) is 18.4 Å². The highest BCUT2D eigenvalue weighted by Gasteiger charge is 2.30. The Bertz CT molecular complexity index is 1060. The van der Waals surface area contributed by atoms with Gasteiger partial charge in [0.05, 0.1) is 18.4 Å². The minimum Gasteiger partial charge on any atom is -0.481 e. The monoisotopic (exact) mass is 415 g/mol. The molecule has 0 aliphatic heterocycles. The lowest BCUT2D eigenvalue weighted by atomic mass is 9.99. The Morgan fingerprint density at radius 1 is 0.900 bits per heavy atom. The molecule has 0 aliphatic rings. The third-order valence-corrected chi connectivity index (χ3v) is 4.70. The van der Waals surface area contributed by atoms with Crippen molar-refractivity contribution in [1.29, 1.82) is 0 Å². The maximum absolute atomic E-state index is 12.8. The molecule has 30 heavy (non-hydrogen) atoms. The second-order valence-electron chi connectivity index (χ2n) is 7.12. The molecule has 2 N–H and O–H groups in total. The van der Waals surface area contributed by atoms with Crippen molar-refractivity contribution in [2.24, 2.45) is 0 Å². The average molecular weight is 415 g/mol. The third-order valence-electron chi connectivity index (χ3n) is 4.70. The van der Waals surface area contributed by atoms with Gasteiger partial charge in [-0.05, 0) is 34.4 Å². The number of nitrogens with one attached hydrogen (secondary N) is 1. The summed E-state index contributed by atoms with van der Waals surface area (Å²) in [6, 6.07) is 17.3. The molecule has 4 nitrogen and oxygen atoms in total. The minimum atomic E-state index is -4.49. The molecule has 3 aromatic carbocycles. The number of carboxylic acid groups (broad SMARTS) is 1. The van der Waals surface area contributed by atoms with Gasteiger partial charge >= 0.3 is 12.1 Å². The maximum Gasteiger partial charge on any atom is 0.416 e. The molecular weight excluding hydrogens is 395 g/mol. The Hall–Kier alpha value is -3.35. The molecule has 1 atom stereocenters. The number of carbonyl (C=O) groups excluding carboxylic acids is 1. The molecule has 1 amide bonds. The first kappa shape index (κ1) is 21.4. The van der Waals surface area contributed by atoms with E-state index in [0.717, 1.165) is 28.5 Å². The Kier molecular flexibility index (Phi) is 6.40. The van der Waals surface area contributed by atoms with Crippen molar-refractivity contribution in [2.75, 3.05) is 0 Å². The number of rotatable bonds is 7. The minimum absolute atomic E-state index is 0.210. The molecule has 0 fully saturated rings. The van der Waals surface area contributed by atoms with Crippen LogP contribution in [0.4, 0.5) is 13.2 Å². The molecule has 0 saturated carbocycles. The van der Waals surface area contributed by atoms with Gasteiger partial charge in [-0.1, -0.05) is 60.7 Å². The topological polar surface area (TPSA) is 66.4 Å². The van der Waals surface area contributed by atoms with Crippen LogP contribution in [0.5, 0.6) is 0 Å². The lowest BCUT2D eigenvalue weighted by Gasteiger charge is -2.18. The molecule has 0 heterocycles. The predicted molar refractivity (Wildman–Crippen MR) is 107 cm³/mol. The van der Waals surface area contributed by atoms with Crippen molar-refractivity contribution >= 4 is 22.6 Å². The quantitative estimate of drug-likeness (QED) is 0.593. The van der Waals surface area contributed by atoms with Gasteiger partial charge in [0.2, 0.25) is 5.91 Å². The molecule has 0 saturated heterocycles. The van der Waals surface area contributed by atoms with E-state index in [9.17, 15) is 27.9 Å². The second-order valence-corrected chi connectivity index (χ2v) is 7.12. The summed E-state index contributed by atoms with van der Waals surface area (Å²) in [5.74, 6) is -1.60. The van der Waals surface area contributed by atoms with Gasteiger partial charge in [-0.25, -0.2) is 0 Å². The molecular formula is C23H20F3NO3. The summed E-state index contributed by atoms with van der Waals surface area (Å²) in [6.07, 6.45) is -4.75. The SMILES string of the molecule is O=C(O)C[C@@H](Cc1ccc2ccccc2c1)NC(=O)Cc1cccc(C(F)(F)F)c1. The number of hydrogen-bond donors (Lipinski definition) is 2. The first-order chi connectivity index (χ1) is 14.2. The summed E-state index contributed by atoms with van der Waals surface area (Å²) in [4.78, 5) is 23.6. The predicted octanol–water partition coefficient (Wildman–Crippen LogP) is 4.60. The van der Waals surface area contributed by atoms with Crippen LogP contribution in [0.1, 0.15) is 23.1 Å². The van der Waals surface area contributed by atoms with E-state index >= 15 is 0 Å². The molecule has 0 aromatic heterocycles. The Labute approximate surface area is 171 Å². The summed E-state index contributed by atoms with van der Waals surface area (Å²) in [5, 5.41) is 13.9. The van der Waals surface area contributed by atoms with E-state index in [1.807, 2.05) is 42.5 Å². The summed E-state index contributed by atoms with van der Waals surface area (Å²) >= 11 is 0. The molecule has 0 spiro atoms. The van der Waals surface area contributed by atoms with Crippen LogP contribution in [0.2, 0.25) is 0 Å². The number of halogens is 3. The molecule has 7 heteroatoms. The number of carboxylic acids is 1. The average Bonchev–Trinajstić information content (AvgIpc) is 2.67. The van der Waals surface area contributed by atoms with Crippen LogP contribution in [0, 0.1) is 0 Å². The van der Waals surface area contributed by atoms with Crippen LogP contribution in [0.25, 0.3) is 10.8 Å². The summed E-state index contributed by atoms with van der Waals surface area (Å²) in [5.41, 5.74) is 0.243. The number of carbonyl (C=O) groups is 2. The molecule has 0 unspecified atom stereocenters. The molecule has 3 aromatic rings. The number of fused-ring (bicyclic) bond motifs is 1. The summed E-state index contributed by atoms with van der Waals surface area (Å²) < 4.78 is 38.5. The Balaban J connectivity index is 1.71. The van der Waals surface area contributed by atoms with Gasteiger partial charge in [0, 0.05) is 6.04 Å². The van der Waals surface area contributed by atoms with E-state index < -0.39 is 29.7 Å². The zero-order valence-electron chi connectivity index (χ0n) is 15.9. The molecule has 3 rings (SSSR count). The van der Waals surface area contributed by atoms with Gasteiger partial charge in [0.15, 0.2) is 0 Å². The van der Waals surface area contributed by atoms with Crippen LogP contribution in [0.15, 0.2) is 66.7 Å². The fourth-order valence-corrected chi connectivity index (χ4v) is 3.36. The standard InChI is InChI=1S/C23H20F3NO3/c24-23(25,26)19-7-3-4-15(11-19)13-21(28)27-20(14-22(29)30)12-16-8-9-17-5-1-2-6-18(17)10-16/h1-11,20H,12-14H2,(H,27,28)(H,29,30)/t20-/m1/s1. The van der Waals surface area contributed by atoms with E-state index in [0.29, 0.717) is 6.42 Å². The Morgan fingerprint density at radius 2 is 1.63 bits per heavy atom. The fraction of sp³-hybridized carbons (Fsp3) is 0.217. The number of benzene rings is 3. The first-order valence-electron chi connectivity index (χ1n) is 9.35. The highest BCUT2D eigenvalue weighted by molar-refractivity contribution is 5.83. The van der Waals surface area contributed by atoms with Crippen molar-refractivity contribution in [2.45, 2.75) is 31.5 Å². The van der Waals surface area contributed by atoms with Crippen LogP contribution in [-0.4, -0.2) is 23.0 Å². The van der Waals surface area contributed by atoms with E-state index in [1.54, 1.807) is 0 Å². The lowest BCUT2D eigenvalue weighted by molar-refractivity contribution is -0.138. The van der Waals surface area contributed by atoms with Crippen LogP contribution in [-0.2, 0) is 28.6 Å². The Morgan fingerprint density at radius 3 is 2.33 bits per heavy atom. The third kappa shape index (κ3) is 5.83. The highest BCUT2D eigenvalue weighted by Crippen LogP contribution is 2.29. The molecule has 0 aliphatic carbocycles. The van der Waals surface area contributed by atoms with Crippen molar-refractivity contribution in [1.82, 2.24) is 5.32 Å². The highest BCUT2D eigenvalue weighted by atomic mass is 19.4. The first-order valence-corrected chi connectivity index (χ1v) is 9.35. The smallest absolute Gasteiger partial charge is 0.416 e. The van der Waals surface area contributed by atoms with Gasteiger partial charge in [-0.15, -0.1) is 0 Å². The number of hydrogen-bond acceptors (Lipinski definition) is 2. The van der Waals surface area contributed by atoms with Crippen molar-refractivity contribution in [3.63, 3.8) is 0 Å². The van der Waals surface area contributed by atoms with Crippen LogP contribution < -0.4 is 5.32 Å². The van der Waals surface area contributed by atoms with E-state index in [2.05, 4.69) is 5.32 Å². The van der Waals surface area contributed by atoms with Crippen LogP contribution in [0.3, 0.4) is 0 Å². The molecule has 0 bridgehead atoms. The van der Waals surface area contributed by atoms with E-state index in [1.165, 1.54) is 12.1 Å². The van der Waals surface area contributed by atoms with Gasteiger partial charge in [-0.3, -0.25) is 9.59 Å². The summed E-state index contributed by atoms with van der Waals surface area (Å²) in [7, 11) is 0. The number of aliphatic carboxylic acids is 1. The zero-order valence-corrected chi connectivity index (χ0v) is 15.9. The van der Waals surface area contributed by atoms with Crippen LogP contribution >= 0.6 is 0 Å². The summed E-state index contributed by atoms with van der Waals surface area (Å²) in [6.45, 7) is 0. The van der Waals surface area contributed by atoms with Gasteiger partial charge in [0.1, 0.15) is 0 Å². The fourth-order valence-electron chi connectivity index (χ4n) is 3.36. The zero-order chi connectivity index (χ0) is 21.7. The number of alkyl halides is 3. The van der Waals surface area contributed by atoms with E-state index in [4.69, 9.17) is 0 Å². The lowest BCUT2D eigenvalue weighted by Crippen LogP contribution is -2.39. The molecule has 0 radical (unpaired) electrons. The van der Waals surface area contributed by atoms with Gasteiger partial charge in [-0.2, -0.15) is 13.2 Å². The van der Waals surface area contributed by atoms with Crippen molar-refractivity contribution in [3.8, 4) is 0 Å². The van der Waals surface area contributed by atoms with Crippen molar-refractivity contribution in [3.05, 3.63) is 83.4 Å². The number of amides is 1. The normalized spacial score (nSPS) is 12.5. The largest absolute Gasteiger partial charge is 0.481 e. The van der Waals surface area contributed by atoms with Gasteiger partial charge < -0.3 is 10.4 Å². The maximum atomic E-state index is 12.8. The van der Waals surface area contributed by atoms with Crippen molar-refractivity contribution < 1.29 is 27.9 Å². The van der Waals surface area contributed by atoms with Gasteiger partial charge in [0.25, 0.3) is 0 Å².